The van der Waals surface area contributed by atoms with Gasteiger partial charge in [0.2, 0.25) is 0 Å². The van der Waals surface area contributed by atoms with E-state index in [9.17, 15) is 4.79 Å². The summed E-state index contributed by atoms with van der Waals surface area (Å²) in [5.74, 6) is 2.79. The van der Waals surface area contributed by atoms with E-state index in [4.69, 9.17) is 4.74 Å². The number of carbonyl (C=O) groups is 1. The van der Waals surface area contributed by atoms with Gasteiger partial charge in [0.25, 0.3) is 0 Å². The molecule has 0 unspecified atom stereocenters. The van der Waals surface area contributed by atoms with Crippen molar-refractivity contribution in [1.82, 2.24) is 0 Å². The number of carbonyl (C=O) groups excluding carboxylic acids is 1. The molecule has 0 aliphatic rings. The summed E-state index contributed by atoms with van der Waals surface area (Å²) in [6.45, 7) is 6.76. The summed E-state index contributed by atoms with van der Waals surface area (Å²) in [5, 5.41) is 1.00. The van der Waals surface area contributed by atoms with Crippen LogP contribution in [0.1, 0.15) is 25.7 Å². The minimum absolute atomic E-state index is 0.126. The van der Waals surface area contributed by atoms with Gasteiger partial charge in [-0.15, -0.1) is 5.54 Å². The molecule has 0 saturated heterocycles. The van der Waals surface area contributed by atoms with Crippen LogP contribution in [0.4, 0.5) is 0 Å². The number of alkyl halides is 1. The third-order valence-electron chi connectivity index (χ3n) is 1.78. The third-order valence-corrected chi connectivity index (χ3v) is 3.27. The fraction of sp³-hybridized carbons (Fsp3) is 0.750. The minimum Gasteiger partial charge on any atom is -0.453 e. The molecule has 0 aliphatic carbocycles. The molecule has 16 heavy (non-hydrogen) atoms. The molecule has 0 spiro atoms. The van der Waals surface area contributed by atoms with Crippen LogP contribution in [-0.2, 0) is 9.53 Å². The zero-order valence-electron chi connectivity index (χ0n) is 10.4. The molecule has 0 fully saturated rings. The van der Waals surface area contributed by atoms with Crippen molar-refractivity contribution in [1.29, 1.82) is 0 Å². The molecule has 0 heterocycles. The van der Waals surface area contributed by atoms with Crippen molar-refractivity contribution in [2.45, 2.75) is 45.3 Å². The largest absolute Gasteiger partial charge is 0.453 e. The van der Waals surface area contributed by atoms with Crippen molar-refractivity contribution in [3.63, 3.8) is 0 Å². The molecule has 0 aliphatic heterocycles. The van der Waals surface area contributed by atoms with Crippen molar-refractivity contribution in [2.75, 3.05) is 11.9 Å². The molecule has 0 N–H and O–H groups in total. The Morgan fingerprint density at radius 3 is 2.50 bits per heavy atom. The van der Waals surface area contributed by atoms with Gasteiger partial charge in [-0.05, 0) is 12.8 Å². The zero-order chi connectivity index (χ0) is 12.4. The van der Waals surface area contributed by atoms with Crippen molar-refractivity contribution >= 4 is 30.0 Å². The Bertz CT molecular complexity index is 260. The maximum atomic E-state index is 11.2. The van der Waals surface area contributed by atoms with Crippen LogP contribution in [0.2, 0.25) is 19.6 Å². The topological polar surface area (TPSA) is 26.3 Å². The Hall–Kier alpha value is -0.273. The van der Waals surface area contributed by atoms with E-state index in [0.29, 0.717) is 6.42 Å². The summed E-state index contributed by atoms with van der Waals surface area (Å²) >= 11 is 3.36. The van der Waals surface area contributed by atoms with Crippen molar-refractivity contribution in [3.05, 3.63) is 0 Å². The van der Waals surface area contributed by atoms with Crippen LogP contribution in [0.15, 0.2) is 0 Å². The molecule has 0 aromatic heterocycles. The number of ether oxygens (including phenoxy) is 1. The SMILES string of the molecule is C[Si](C)(C)C#CCOC(=O)CCCCCBr. The van der Waals surface area contributed by atoms with E-state index in [2.05, 4.69) is 47.0 Å². The number of halogens is 1. The molecule has 0 atom stereocenters. The molecular weight excluding hydrogens is 284 g/mol. The molecule has 2 nitrogen and oxygen atoms in total. The van der Waals surface area contributed by atoms with E-state index in [-0.39, 0.29) is 12.6 Å². The van der Waals surface area contributed by atoms with Crippen LogP contribution in [0.3, 0.4) is 0 Å². The van der Waals surface area contributed by atoms with Crippen molar-refractivity contribution in [2.24, 2.45) is 0 Å². The first-order valence-electron chi connectivity index (χ1n) is 5.67. The molecule has 0 amide bonds. The molecule has 0 radical (unpaired) electrons. The summed E-state index contributed by atoms with van der Waals surface area (Å²) < 4.78 is 5.02. The Balaban J connectivity index is 3.54. The zero-order valence-corrected chi connectivity index (χ0v) is 13.0. The van der Waals surface area contributed by atoms with Gasteiger partial charge >= 0.3 is 5.97 Å². The van der Waals surface area contributed by atoms with Gasteiger partial charge in [0.1, 0.15) is 8.07 Å². The van der Waals surface area contributed by atoms with E-state index in [1.807, 2.05) is 0 Å². The van der Waals surface area contributed by atoms with E-state index < -0.39 is 8.07 Å². The van der Waals surface area contributed by atoms with Gasteiger partial charge in [0.15, 0.2) is 6.61 Å². The van der Waals surface area contributed by atoms with Gasteiger partial charge in [-0.25, -0.2) is 0 Å². The maximum absolute atomic E-state index is 11.2. The lowest BCUT2D eigenvalue weighted by Crippen LogP contribution is -2.16. The Kier molecular flexibility index (Phi) is 8.68. The summed E-state index contributed by atoms with van der Waals surface area (Å²) in [7, 11) is -1.32. The van der Waals surface area contributed by atoms with Gasteiger partial charge in [0.05, 0.1) is 0 Å². The monoisotopic (exact) mass is 304 g/mol. The van der Waals surface area contributed by atoms with E-state index in [1.54, 1.807) is 0 Å². The van der Waals surface area contributed by atoms with Crippen molar-refractivity contribution in [3.8, 4) is 11.5 Å². The molecule has 0 saturated carbocycles. The van der Waals surface area contributed by atoms with E-state index in [1.165, 1.54) is 0 Å². The highest BCUT2D eigenvalue weighted by Crippen LogP contribution is 2.03. The minimum atomic E-state index is -1.32. The highest BCUT2D eigenvalue weighted by atomic mass is 79.9. The standard InChI is InChI=1S/C12H21BrO2Si/c1-16(2,3)11-7-10-15-12(14)8-5-4-6-9-13/h4-6,8-10H2,1-3H3. The quantitative estimate of drug-likeness (QED) is 0.247. The van der Waals surface area contributed by atoms with Gasteiger partial charge in [0, 0.05) is 11.8 Å². The first-order chi connectivity index (χ1) is 7.45. The van der Waals surface area contributed by atoms with Gasteiger partial charge in [-0.1, -0.05) is 47.9 Å². The fourth-order valence-electron chi connectivity index (χ4n) is 1.03. The molecule has 0 aromatic rings. The average Bonchev–Trinajstić information content (AvgIpc) is 2.18. The molecule has 0 rings (SSSR count). The van der Waals surface area contributed by atoms with Crippen LogP contribution < -0.4 is 0 Å². The third kappa shape index (κ3) is 11.8. The first-order valence-corrected chi connectivity index (χ1v) is 10.3. The normalized spacial score (nSPS) is 10.5. The summed E-state index contributed by atoms with van der Waals surface area (Å²) in [6, 6.07) is 0. The number of rotatable bonds is 6. The summed E-state index contributed by atoms with van der Waals surface area (Å²) in [4.78, 5) is 11.2. The number of hydrogen-bond acceptors (Lipinski definition) is 2. The lowest BCUT2D eigenvalue weighted by molar-refractivity contribution is -0.142. The van der Waals surface area contributed by atoms with Crippen LogP contribution in [-0.4, -0.2) is 26.0 Å². The summed E-state index contributed by atoms with van der Waals surface area (Å²) in [6.07, 6.45) is 3.61. The molecule has 0 bridgehead atoms. The number of unbranched alkanes of at least 4 members (excludes halogenated alkanes) is 2. The number of esters is 1. The fourth-order valence-corrected chi connectivity index (χ4v) is 2.03. The van der Waals surface area contributed by atoms with Gasteiger partial charge in [-0.3, -0.25) is 4.79 Å². The maximum Gasteiger partial charge on any atom is 0.306 e. The van der Waals surface area contributed by atoms with Crippen LogP contribution in [0.25, 0.3) is 0 Å². The molecule has 92 valence electrons. The van der Waals surface area contributed by atoms with Crippen LogP contribution in [0.5, 0.6) is 0 Å². The highest BCUT2D eigenvalue weighted by molar-refractivity contribution is 9.09. The Morgan fingerprint density at radius 2 is 1.94 bits per heavy atom. The Labute approximate surface area is 108 Å². The average molecular weight is 305 g/mol. The second kappa shape index (κ2) is 8.83. The predicted molar refractivity (Wildman–Crippen MR) is 74.3 cm³/mol. The van der Waals surface area contributed by atoms with E-state index >= 15 is 0 Å². The lowest BCUT2D eigenvalue weighted by atomic mass is 10.2. The highest BCUT2D eigenvalue weighted by Gasteiger charge is 2.07. The van der Waals surface area contributed by atoms with Crippen molar-refractivity contribution < 1.29 is 9.53 Å². The van der Waals surface area contributed by atoms with Gasteiger partial charge < -0.3 is 4.74 Å². The molecule has 4 heteroatoms. The van der Waals surface area contributed by atoms with Crippen LogP contribution in [0, 0.1) is 11.5 Å². The summed E-state index contributed by atoms with van der Waals surface area (Å²) in [5.41, 5.74) is 3.16. The second-order valence-electron chi connectivity index (χ2n) is 4.71. The predicted octanol–water partition coefficient (Wildman–Crippen LogP) is 3.37. The smallest absolute Gasteiger partial charge is 0.306 e. The second-order valence-corrected chi connectivity index (χ2v) is 10.3. The lowest BCUT2D eigenvalue weighted by Gasteiger charge is -2.04. The van der Waals surface area contributed by atoms with Crippen LogP contribution >= 0.6 is 15.9 Å². The molecule has 0 aromatic carbocycles. The molecular formula is C12H21BrO2Si. The Morgan fingerprint density at radius 1 is 1.25 bits per heavy atom. The van der Waals surface area contributed by atoms with Gasteiger partial charge in [-0.2, -0.15) is 0 Å². The number of hydrogen-bond donors (Lipinski definition) is 0. The first kappa shape index (κ1) is 15.7. The van der Waals surface area contributed by atoms with E-state index in [0.717, 1.165) is 24.6 Å².